The Morgan fingerprint density at radius 2 is 0.517 bits per heavy atom. The SMILES string of the molecule is CCCCCCCCN1c2ccc(C)cc2Sc2cc(C)ccc21.CCCCCCN1c2ccc(C)cc2Sc2cc(C)ccc21.Cc1ccc2c(c1)Sc1cc(C)ccc1N2C(C)(C)C.Cc1ccc2c(c1)Sc1cc(C)ccc1N2CCC(C)C. The van der Waals surface area contributed by atoms with Crippen molar-refractivity contribution < 1.29 is 0 Å². The Labute approximate surface area is 543 Å². The van der Waals surface area contributed by atoms with E-state index < -0.39 is 0 Å². The maximum absolute atomic E-state index is 2.54. The van der Waals surface area contributed by atoms with Crippen LogP contribution in [-0.4, -0.2) is 25.2 Å². The van der Waals surface area contributed by atoms with Gasteiger partial charge in [0.25, 0.3) is 0 Å². The molecule has 8 heteroatoms. The lowest BCUT2D eigenvalue weighted by Gasteiger charge is -2.42. The second kappa shape index (κ2) is 30.2. The molecule has 0 spiro atoms. The first kappa shape index (κ1) is 65.8. The molecule has 458 valence electrons. The third-order valence-corrected chi connectivity index (χ3v) is 21.0. The Morgan fingerprint density at radius 3 is 0.770 bits per heavy atom. The molecule has 87 heavy (non-hydrogen) atoms. The zero-order valence-corrected chi connectivity index (χ0v) is 58.5. The number of aryl methyl sites for hydroxylation is 8. The zero-order chi connectivity index (χ0) is 61.9. The highest BCUT2D eigenvalue weighted by Crippen LogP contribution is 2.53. The summed E-state index contributed by atoms with van der Waals surface area (Å²) in [5.41, 5.74) is 21.6. The van der Waals surface area contributed by atoms with Gasteiger partial charge in [0.15, 0.2) is 0 Å². The number of hydrogen-bond donors (Lipinski definition) is 0. The van der Waals surface area contributed by atoms with Crippen molar-refractivity contribution >= 4 is 92.5 Å². The van der Waals surface area contributed by atoms with E-state index in [2.05, 4.69) is 269 Å². The average molecular weight is 1230 g/mol. The first-order valence-corrected chi connectivity index (χ1v) is 35.7. The number of anilines is 8. The van der Waals surface area contributed by atoms with E-state index in [0.29, 0.717) is 0 Å². The first-order valence-electron chi connectivity index (χ1n) is 32.5. The van der Waals surface area contributed by atoms with Gasteiger partial charge < -0.3 is 19.6 Å². The molecule has 0 amide bonds. The van der Waals surface area contributed by atoms with Gasteiger partial charge in [-0.25, -0.2) is 0 Å². The normalized spacial score (nSPS) is 13.2. The average Bonchev–Trinajstić information content (AvgIpc) is 1.37. The van der Waals surface area contributed by atoms with Crippen LogP contribution in [0.15, 0.2) is 185 Å². The molecule has 8 aromatic carbocycles. The molecule has 4 aliphatic rings. The highest BCUT2D eigenvalue weighted by atomic mass is 32.2. The van der Waals surface area contributed by atoms with Crippen LogP contribution in [0.3, 0.4) is 0 Å². The third kappa shape index (κ3) is 16.8. The molecule has 0 radical (unpaired) electrons. The summed E-state index contributed by atoms with van der Waals surface area (Å²) in [6.45, 7) is 36.7. The maximum atomic E-state index is 2.54. The van der Waals surface area contributed by atoms with Crippen LogP contribution in [0.1, 0.15) is 164 Å². The van der Waals surface area contributed by atoms with Gasteiger partial charge in [0.1, 0.15) is 0 Å². The lowest BCUT2D eigenvalue weighted by molar-refractivity contribution is 0.553. The minimum Gasteiger partial charge on any atom is -0.340 e. The molecule has 0 unspecified atom stereocenters. The molecule has 4 heterocycles. The molecule has 12 rings (SSSR count). The van der Waals surface area contributed by atoms with Gasteiger partial charge in [0.2, 0.25) is 0 Å². The molecule has 4 aliphatic heterocycles. The molecule has 8 aromatic rings. The molecule has 0 fully saturated rings. The highest BCUT2D eigenvalue weighted by molar-refractivity contribution is 8.00. The van der Waals surface area contributed by atoms with E-state index in [-0.39, 0.29) is 5.54 Å². The van der Waals surface area contributed by atoms with Crippen LogP contribution in [0.25, 0.3) is 0 Å². The Balaban J connectivity index is 0.000000139. The van der Waals surface area contributed by atoms with Gasteiger partial charge >= 0.3 is 0 Å². The lowest BCUT2D eigenvalue weighted by Crippen LogP contribution is -2.39. The van der Waals surface area contributed by atoms with E-state index in [9.17, 15) is 0 Å². The summed E-state index contributed by atoms with van der Waals surface area (Å²) in [5.74, 6) is 0.724. The number of nitrogens with zero attached hydrogens (tertiary/aromatic N) is 4. The van der Waals surface area contributed by atoms with Gasteiger partial charge in [0.05, 0.1) is 45.5 Å². The van der Waals surface area contributed by atoms with E-state index in [4.69, 9.17) is 0 Å². The maximum Gasteiger partial charge on any atom is 0.0558 e. The zero-order valence-electron chi connectivity index (χ0n) is 55.3. The van der Waals surface area contributed by atoms with Gasteiger partial charge in [-0.3, -0.25) is 0 Å². The van der Waals surface area contributed by atoms with Crippen molar-refractivity contribution in [1.29, 1.82) is 0 Å². The quantitative estimate of drug-likeness (QED) is 0.0930. The summed E-state index contributed by atoms with van der Waals surface area (Å²) >= 11 is 7.64. The second-order valence-corrected chi connectivity index (χ2v) is 30.5. The van der Waals surface area contributed by atoms with Crippen LogP contribution in [0, 0.1) is 61.3 Å². The summed E-state index contributed by atoms with van der Waals surface area (Å²) < 4.78 is 0. The van der Waals surface area contributed by atoms with Gasteiger partial charge in [-0.2, -0.15) is 0 Å². The van der Waals surface area contributed by atoms with Crippen molar-refractivity contribution in [2.75, 3.05) is 39.2 Å². The van der Waals surface area contributed by atoms with E-state index in [1.54, 1.807) is 0 Å². The summed E-state index contributed by atoms with van der Waals surface area (Å²) in [5, 5.41) is 0. The second-order valence-electron chi connectivity index (χ2n) is 26.1. The largest absolute Gasteiger partial charge is 0.340 e. The van der Waals surface area contributed by atoms with Crippen LogP contribution in [0.5, 0.6) is 0 Å². The number of fused-ring (bicyclic) bond motifs is 8. The monoisotopic (exact) mass is 1230 g/mol. The van der Waals surface area contributed by atoms with Crippen molar-refractivity contribution in [2.24, 2.45) is 5.92 Å². The Kier molecular flexibility index (Phi) is 22.9. The van der Waals surface area contributed by atoms with Crippen molar-refractivity contribution in [1.82, 2.24) is 0 Å². The highest BCUT2D eigenvalue weighted by Gasteiger charge is 2.32. The molecular formula is C79H98N4S4. The fourth-order valence-electron chi connectivity index (χ4n) is 11.9. The molecule has 0 N–H and O–H groups in total. The summed E-state index contributed by atoms with van der Waals surface area (Å²) in [7, 11) is 0. The minimum atomic E-state index is 0.0645. The summed E-state index contributed by atoms with van der Waals surface area (Å²) in [6.07, 6.45) is 14.5. The van der Waals surface area contributed by atoms with Gasteiger partial charge in [-0.1, -0.05) is 175 Å². The van der Waals surface area contributed by atoms with Crippen LogP contribution in [-0.2, 0) is 0 Å². The van der Waals surface area contributed by atoms with Crippen molar-refractivity contribution in [3.8, 4) is 0 Å². The van der Waals surface area contributed by atoms with Crippen LogP contribution in [0.2, 0.25) is 0 Å². The first-order chi connectivity index (χ1) is 41.8. The third-order valence-electron chi connectivity index (χ3n) is 16.6. The smallest absolute Gasteiger partial charge is 0.0558 e. The summed E-state index contributed by atoms with van der Waals surface area (Å²) in [4.78, 5) is 21.1. The fourth-order valence-corrected chi connectivity index (χ4v) is 17.0. The van der Waals surface area contributed by atoms with Crippen molar-refractivity contribution in [3.05, 3.63) is 190 Å². The lowest BCUT2D eigenvalue weighted by atomic mass is 10.0. The molecule has 0 aromatic heterocycles. The topological polar surface area (TPSA) is 13.0 Å². The number of unbranched alkanes of at least 4 members (excludes halogenated alkanes) is 8. The Morgan fingerprint density at radius 1 is 0.299 bits per heavy atom. The van der Waals surface area contributed by atoms with Gasteiger partial charge in [-0.05, 0) is 243 Å². The standard InChI is InChI=1S/C22H29NS.C20H25NS.C19H23NS.C18H21NS/c1-4-5-6-7-8-9-14-23-19-12-10-17(2)15-21(19)24-22-16-18(3)11-13-20(22)23;1-4-5-6-7-12-21-17-10-8-15(2)13-19(17)22-20-14-16(3)9-11-18(20)21;1-13(2)9-10-20-16-7-5-14(3)11-18(16)21-19-12-15(4)6-8-17(19)20;1-12-6-8-14-16(10-12)20-17-11-13(2)7-9-15(17)19(14)18(3,4)5/h10-13,15-16H,4-9,14H2,1-3H3;8-11,13-14H,4-7,12H2,1-3H3;5-8,11-13H,9-10H2,1-4H3;6-11H,1-5H3. The minimum absolute atomic E-state index is 0.0645. The molecule has 0 atom stereocenters. The molecule has 4 nitrogen and oxygen atoms in total. The molecule has 0 saturated heterocycles. The number of rotatable bonds is 15. The van der Waals surface area contributed by atoms with Crippen LogP contribution < -0.4 is 19.6 Å². The molecule has 0 saturated carbocycles. The van der Waals surface area contributed by atoms with E-state index >= 15 is 0 Å². The Hall–Kier alpha value is -5.64. The van der Waals surface area contributed by atoms with E-state index in [1.165, 1.54) is 200 Å². The molecule has 0 aliphatic carbocycles. The molecule has 0 bridgehead atoms. The van der Waals surface area contributed by atoms with Crippen LogP contribution in [0.4, 0.5) is 45.5 Å². The fraction of sp³-hybridized carbons (Fsp3) is 0.392. The van der Waals surface area contributed by atoms with Crippen LogP contribution >= 0.6 is 47.0 Å². The van der Waals surface area contributed by atoms with Gasteiger partial charge in [-0.15, -0.1) is 0 Å². The van der Waals surface area contributed by atoms with E-state index in [0.717, 1.165) is 25.6 Å². The number of hydrogen-bond acceptors (Lipinski definition) is 8. The van der Waals surface area contributed by atoms with Crippen molar-refractivity contribution in [2.45, 2.75) is 219 Å². The summed E-state index contributed by atoms with van der Waals surface area (Å²) in [6, 6.07) is 54.6. The van der Waals surface area contributed by atoms with Gasteiger partial charge in [0, 0.05) is 64.3 Å². The Bertz CT molecular complexity index is 3430. The van der Waals surface area contributed by atoms with E-state index in [1.807, 2.05) is 47.0 Å². The van der Waals surface area contributed by atoms with Crippen molar-refractivity contribution in [3.63, 3.8) is 0 Å². The molecular weight excluding hydrogens is 1130 g/mol. The predicted molar refractivity (Wildman–Crippen MR) is 386 cm³/mol. The predicted octanol–water partition coefficient (Wildman–Crippen LogP) is 25.4. The number of benzene rings is 8.